The highest BCUT2D eigenvalue weighted by Gasteiger charge is 2.20. The van der Waals surface area contributed by atoms with E-state index in [4.69, 9.17) is 9.84 Å². The van der Waals surface area contributed by atoms with Crippen LogP contribution in [0.5, 0.6) is 5.75 Å². The third-order valence-corrected chi connectivity index (χ3v) is 5.21. The molecule has 4 aromatic rings. The van der Waals surface area contributed by atoms with Crippen molar-refractivity contribution < 1.29 is 4.74 Å². The van der Waals surface area contributed by atoms with E-state index < -0.39 is 0 Å². The van der Waals surface area contributed by atoms with Crippen molar-refractivity contribution in [3.05, 3.63) is 58.9 Å². The topological polar surface area (TPSA) is 72.6 Å². The maximum Gasteiger partial charge on any atom is 0.301 e. The van der Waals surface area contributed by atoms with Crippen molar-refractivity contribution in [3.63, 3.8) is 0 Å². The third-order valence-electron chi connectivity index (χ3n) is 5.21. The van der Waals surface area contributed by atoms with Crippen LogP contribution in [-0.2, 0) is 0 Å². The number of rotatable bonds is 3. The number of fused-ring (bicyclic) bond motifs is 3. The van der Waals surface area contributed by atoms with E-state index >= 15 is 0 Å². The van der Waals surface area contributed by atoms with Gasteiger partial charge in [0.15, 0.2) is 17.2 Å². The molecule has 0 bridgehead atoms. The Bertz CT molecular complexity index is 1230. The van der Waals surface area contributed by atoms with E-state index in [1.54, 1.807) is 31.4 Å². The summed E-state index contributed by atoms with van der Waals surface area (Å²) >= 11 is 0. The Labute approximate surface area is 161 Å². The average Bonchev–Trinajstić information content (AvgIpc) is 3.28. The maximum absolute atomic E-state index is 13.2. The highest BCUT2D eigenvalue weighted by Crippen LogP contribution is 2.29. The zero-order chi connectivity index (χ0) is 19.1. The van der Waals surface area contributed by atoms with E-state index in [0.29, 0.717) is 11.2 Å². The van der Waals surface area contributed by atoms with Gasteiger partial charge in [-0.2, -0.15) is 4.52 Å². The molecule has 7 nitrogen and oxygen atoms in total. The normalized spacial score (nSPS) is 14.1. The van der Waals surface area contributed by atoms with Gasteiger partial charge in [0, 0.05) is 29.4 Å². The summed E-state index contributed by atoms with van der Waals surface area (Å²) < 4.78 is 6.58. The Kier molecular flexibility index (Phi) is 3.93. The molecule has 0 saturated carbocycles. The van der Waals surface area contributed by atoms with Crippen molar-refractivity contribution in [1.29, 1.82) is 0 Å². The largest absolute Gasteiger partial charge is 0.497 e. The summed E-state index contributed by atoms with van der Waals surface area (Å²) in [5.41, 5.74) is 1.16. The molecule has 1 fully saturated rings. The lowest BCUT2D eigenvalue weighted by Gasteiger charge is -2.19. The highest BCUT2D eigenvalue weighted by molar-refractivity contribution is 6.00. The van der Waals surface area contributed by atoms with E-state index in [9.17, 15) is 4.79 Å². The molecule has 1 aliphatic heterocycles. The van der Waals surface area contributed by atoms with Crippen LogP contribution >= 0.6 is 0 Å². The van der Waals surface area contributed by atoms with Gasteiger partial charge in [-0.05, 0) is 37.1 Å². The van der Waals surface area contributed by atoms with Gasteiger partial charge in [0.25, 0.3) is 0 Å². The van der Waals surface area contributed by atoms with Gasteiger partial charge < -0.3 is 9.64 Å². The quantitative estimate of drug-likeness (QED) is 0.514. The van der Waals surface area contributed by atoms with Gasteiger partial charge in [-0.3, -0.25) is 4.79 Å². The summed E-state index contributed by atoms with van der Waals surface area (Å²) in [6.07, 6.45) is 2.27. The molecule has 1 aliphatic rings. The van der Waals surface area contributed by atoms with Gasteiger partial charge in [-0.1, -0.05) is 24.3 Å². The predicted octanol–water partition coefficient (Wildman–Crippen LogP) is 2.91. The van der Waals surface area contributed by atoms with Crippen LogP contribution in [-0.4, -0.2) is 40.0 Å². The Morgan fingerprint density at radius 1 is 0.929 bits per heavy atom. The second-order valence-corrected chi connectivity index (χ2v) is 6.88. The first-order valence-electron chi connectivity index (χ1n) is 9.34. The van der Waals surface area contributed by atoms with Crippen LogP contribution in [0.1, 0.15) is 12.8 Å². The zero-order valence-electron chi connectivity index (χ0n) is 15.5. The summed E-state index contributed by atoms with van der Waals surface area (Å²) in [6.45, 7) is 1.89. The Hall–Kier alpha value is -3.48. The van der Waals surface area contributed by atoms with Gasteiger partial charge in [0.05, 0.1) is 7.11 Å². The van der Waals surface area contributed by atoms with Crippen LogP contribution in [0.3, 0.4) is 0 Å². The number of nitrogens with zero attached hydrogens (tertiary/aromatic N) is 5. The Balaban J connectivity index is 1.77. The zero-order valence-corrected chi connectivity index (χ0v) is 15.5. The number of hydrogen-bond donors (Lipinski definition) is 0. The standard InChI is InChI=1S/C21H19N5O2/c1-28-15-10-8-14(9-11-15)18-21(27)26-19(23-22-18)16-6-2-3-7-17(16)20(24-26)25-12-4-5-13-25/h2-3,6-11H,4-5,12-13H2,1H3. The van der Waals surface area contributed by atoms with Crippen molar-refractivity contribution in [2.75, 3.05) is 25.1 Å². The van der Waals surface area contributed by atoms with Crippen LogP contribution in [0.15, 0.2) is 53.3 Å². The van der Waals surface area contributed by atoms with E-state index in [-0.39, 0.29) is 11.3 Å². The second kappa shape index (κ2) is 6.60. The van der Waals surface area contributed by atoms with Crippen molar-refractivity contribution in [3.8, 4) is 17.0 Å². The lowest BCUT2D eigenvalue weighted by atomic mass is 10.1. The molecule has 0 spiro atoms. The number of anilines is 1. The molecule has 2 aromatic carbocycles. The van der Waals surface area contributed by atoms with Crippen LogP contribution in [0, 0.1) is 0 Å². The summed E-state index contributed by atoms with van der Waals surface area (Å²) in [6, 6.07) is 15.1. The van der Waals surface area contributed by atoms with E-state index in [1.807, 2.05) is 24.3 Å². The molecule has 0 atom stereocenters. The van der Waals surface area contributed by atoms with Gasteiger partial charge in [-0.15, -0.1) is 15.3 Å². The molecule has 0 unspecified atom stereocenters. The van der Waals surface area contributed by atoms with Crippen LogP contribution in [0.25, 0.3) is 27.7 Å². The van der Waals surface area contributed by atoms with Gasteiger partial charge in [-0.25, -0.2) is 0 Å². The first-order chi connectivity index (χ1) is 13.8. The predicted molar refractivity (Wildman–Crippen MR) is 108 cm³/mol. The maximum atomic E-state index is 13.2. The fraction of sp³-hybridized carbons (Fsp3) is 0.238. The van der Waals surface area contributed by atoms with Crippen LogP contribution in [0.4, 0.5) is 5.82 Å². The number of ether oxygens (including phenoxy) is 1. The van der Waals surface area contributed by atoms with Crippen molar-refractivity contribution in [2.24, 2.45) is 0 Å². The lowest BCUT2D eigenvalue weighted by molar-refractivity contribution is 0.415. The van der Waals surface area contributed by atoms with Gasteiger partial charge in [0.2, 0.25) is 0 Å². The second-order valence-electron chi connectivity index (χ2n) is 6.88. The lowest BCUT2D eigenvalue weighted by Crippen LogP contribution is -2.26. The summed E-state index contributed by atoms with van der Waals surface area (Å²) in [4.78, 5) is 15.5. The third kappa shape index (κ3) is 2.58. The Morgan fingerprint density at radius 2 is 1.64 bits per heavy atom. The minimum Gasteiger partial charge on any atom is -0.497 e. The van der Waals surface area contributed by atoms with E-state index in [1.165, 1.54) is 4.52 Å². The van der Waals surface area contributed by atoms with Crippen molar-refractivity contribution in [2.45, 2.75) is 12.8 Å². The summed E-state index contributed by atoms with van der Waals surface area (Å²) in [5.74, 6) is 1.55. The average molecular weight is 373 g/mol. The molecule has 0 aliphatic carbocycles. The summed E-state index contributed by atoms with van der Waals surface area (Å²) in [5, 5.41) is 15.2. The minimum atomic E-state index is -0.277. The van der Waals surface area contributed by atoms with Crippen molar-refractivity contribution >= 4 is 22.2 Å². The van der Waals surface area contributed by atoms with Crippen LogP contribution < -0.4 is 15.2 Å². The fourth-order valence-corrected chi connectivity index (χ4v) is 3.75. The molecular formula is C21H19N5O2. The first-order valence-corrected chi connectivity index (χ1v) is 9.34. The molecule has 5 rings (SSSR count). The minimum absolute atomic E-state index is 0.273. The SMILES string of the molecule is COc1ccc(-c2nnc3c4ccccc4c(N4CCCC4)nn3c2=O)cc1. The van der Waals surface area contributed by atoms with Crippen LogP contribution in [0.2, 0.25) is 0 Å². The number of methoxy groups -OCH3 is 1. The van der Waals surface area contributed by atoms with Gasteiger partial charge in [0.1, 0.15) is 5.75 Å². The fourth-order valence-electron chi connectivity index (χ4n) is 3.75. The first kappa shape index (κ1) is 16.7. The number of aromatic nitrogens is 4. The highest BCUT2D eigenvalue weighted by atomic mass is 16.5. The monoisotopic (exact) mass is 373 g/mol. The van der Waals surface area contributed by atoms with Crippen molar-refractivity contribution in [1.82, 2.24) is 19.8 Å². The Morgan fingerprint density at radius 3 is 2.36 bits per heavy atom. The number of benzene rings is 2. The van der Waals surface area contributed by atoms with E-state index in [0.717, 1.165) is 48.3 Å². The molecule has 3 heterocycles. The number of hydrogen-bond acceptors (Lipinski definition) is 6. The molecular weight excluding hydrogens is 354 g/mol. The molecule has 0 N–H and O–H groups in total. The molecule has 7 heteroatoms. The smallest absolute Gasteiger partial charge is 0.301 e. The molecule has 140 valence electrons. The molecule has 2 aromatic heterocycles. The molecule has 28 heavy (non-hydrogen) atoms. The molecule has 1 saturated heterocycles. The van der Waals surface area contributed by atoms with Gasteiger partial charge >= 0.3 is 5.56 Å². The molecule has 0 amide bonds. The molecule has 0 radical (unpaired) electrons. The van der Waals surface area contributed by atoms with E-state index in [2.05, 4.69) is 15.1 Å². The summed E-state index contributed by atoms with van der Waals surface area (Å²) in [7, 11) is 1.61.